The van der Waals surface area contributed by atoms with Gasteiger partial charge in [-0.2, -0.15) is 8.42 Å². The highest BCUT2D eigenvalue weighted by Crippen LogP contribution is 2.28. The lowest BCUT2D eigenvalue weighted by Crippen LogP contribution is -2.12. The maximum atomic E-state index is 12.5. The van der Waals surface area contributed by atoms with E-state index >= 15 is 0 Å². The van der Waals surface area contributed by atoms with Gasteiger partial charge >= 0.3 is 16.1 Å². The fourth-order valence-corrected chi connectivity index (χ4v) is 4.53. The van der Waals surface area contributed by atoms with Crippen LogP contribution in [-0.2, 0) is 24.7 Å². The molecule has 2 rings (SSSR count). The summed E-state index contributed by atoms with van der Waals surface area (Å²) in [6.07, 6.45) is 0.974. The number of hydrogen-bond acceptors (Lipinski definition) is 7. The lowest BCUT2D eigenvalue weighted by atomic mass is 10.2. The van der Waals surface area contributed by atoms with Crippen molar-refractivity contribution >= 4 is 41.9 Å². The summed E-state index contributed by atoms with van der Waals surface area (Å²) in [6, 6.07) is 8.96. The fourth-order valence-electron chi connectivity index (χ4n) is 1.94. The summed E-state index contributed by atoms with van der Waals surface area (Å²) in [5, 5.41) is 0. The van der Waals surface area contributed by atoms with E-state index in [1.807, 2.05) is 0 Å². The summed E-state index contributed by atoms with van der Waals surface area (Å²) < 4.78 is 58.3. The number of carbonyl (C=O) groups is 1. The van der Waals surface area contributed by atoms with Crippen LogP contribution in [-0.4, -0.2) is 35.7 Å². The molecule has 0 fully saturated rings. The van der Waals surface area contributed by atoms with Crippen LogP contribution in [0.1, 0.15) is 17.3 Å². The predicted molar refractivity (Wildman–Crippen MR) is 97.5 cm³/mol. The molecule has 0 aromatic heterocycles. The second kappa shape index (κ2) is 7.77. The Bertz CT molecular complexity index is 1030. The van der Waals surface area contributed by atoms with Crippen LogP contribution in [0.15, 0.2) is 56.7 Å². The molecule has 10 heteroatoms. The first kappa shape index (κ1) is 20.4. The predicted octanol–water partition coefficient (Wildman–Crippen LogP) is 2.80. The van der Waals surface area contributed by atoms with E-state index in [2.05, 4.69) is 15.9 Å². The highest BCUT2D eigenvalue weighted by Gasteiger charge is 2.23. The molecule has 0 N–H and O–H groups in total. The van der Waals surface area contributed by atoms with E-state index in [4.69, 9.17) is 8.92 Å². The number of rotatable bonds is 6. The van der Waals surface area contributed by atoms with E-state index in [1.165, 1.54) is 36.4 Å². The Hall–Kier alpha value is -1.91. The standard InChI is InChI=1S/C16H15BrO7S2/c1-3-23-16(18)11-4-6-12(7-5-11)24-26(21,22)15-10-13(25(2,19)20)8-9-14(15)17/h4-10H,3H2,1-2H3. The topological polar surface area (TPSA) is 104 Å². The second-order valence-electron chi connectivity index (χ2n) is 5.15. The Morgan fingerprint density at radius 2 is 1.65 bits per heavy atom. The van der Waals surface area contributed by atoms with Gasteiger partial charge in [-0.05, 0) is 65.3 Å². The number of ether oxygens (including phenoxy) is 1. The number of halogens is 1. The third-order valence-electron chi connectivity index (χ3n) is 3.17. The first-order valence-corrected chi connectivity index (χ1v) is 11.3. The van der Waals surface area contributed by atoms with Crippen LogP contribution in [0, 0.1) is 0 Å². The molecule has 0 unspecified atom stereocenters. The highest BCUT2D eigenvalue weighted by atomic mass is 79.9. The summed E-state index contributed by atoms with van der Waals surface area (Å²) >= 11 is 3.08. The lowest BCUT2D eigenvalue weighted by Gasteiger charge is -2.10. The molecular formula is C16H15BrO7S2. The van der Waals surface area contributed by atoms with E-state index in [0.717, 1.165) is 12.3 Å². The van der Waals surface area contributed by atoms with Crippen molar-refractivity contribution in [2.24, 2.45) is 0 Å². The van der Waals surface area contributed by atoms with E-state index in [9.17, 15) is 21.6 Å². The van der Waals surface area contributed by atoms with Crippen LogP contribution < -0.4 is 4.18 Å². The lowest BCUT2D eigenvalue weighted by molar-refractivity contribution is 0.0526. The molecule has 0 heterocycles. The van der Waals surface area contributed by atoms with Crippen molar-refractivity contribution in [1.29, 1.82) is 0 Å². The second-order valence-corrected chi connectivity index (χ2v) is 9.53. The molecule has 0 aliphatic heterocycles. The van der Waals surface area contributed by atoms with Gasteiger partial charge in [-0.15, -0.1) is 0 Å². The maximum absolute atomic E-state index is 12.5. The van der Waals surface area contributed by atoms with Gasteiger partial charge in [0.15, 0.2) is 9.84 Å². The van der Waals surface area contributed by atoms with Gasteiger partial charge in [-0.25, -0.2) is 13.2 Å². The van der Waals surface area contributed by atoms with Crippen molar-refractivity contribution in [1.82, 2.24) is 0 Å². The van der Waals surface area contributed by atoms with E-state index in [-0.39, 0.29) is 32.2 Å². The van der Waals surface area contributed by atoms with Crippen LogP contribution >= 0.6 is 15.9 Å². The third-order valence-corrected chi connectivity index (χ3v) is 6.52. The minimum atomic E-state index is -4.30. The van der Waals surface area contributed by atoms with E-state index < -0.39 is 25.9 Å². The molecule has 140 valence electrons. The quantitative estimate of drug-likeness (QED) is 0.479. The van der Waals surface area contributed by atoms with Gasteiger partial charge in [0.25, 0.3) is 0 Å². The normalized spacial score (nSPS) is 11.8. The smallest absolute Gasteiger partial charge is 0.340 e. The summed E-state index contributed by atoms with van der Waals surface area (Å²) in [7, 11) is -7.89. The number of benzene rings is 2. The zero-order chi connectivity index (χ0) is 19.5. The molecule has 0 bridgehead atoms. The zero-order valence-electron chi connectivity index (χ0n) is 13.8. The van der Waals surface area contributed by atoms with Gasteiger partial charge < -0.3 is 8.92 Å². The summed E-state index contributed by atoms with van der Waals surface area (Å²) in [5.74, 6) is -0.569. The van der Waals surface area contributed by atoms with Crippen molar-refractivity contribution in [2.45, 2.75) is 16.7 Å². The average molecular weight is 463 g/mol. The van der Waals surface area contributed by atoms with Crippen LogP contribution in [0.3, 0.4) is 0 Å². The first-order valence-electron chi connectivity index (χ1n) is 7.26. The van der Waals surface area contributed by atoms with Gasteiger partial charge in [-0.1, -0.05) is 0 Å². The van der Waals surface area contributed by atoms with Gasteiger partial charge in [0.05, 0.1) is 17.1 Å². The Morgan fingerprint density at radius 3 is 2.19 bits per heavy atom. The maximum Gasteiger partial charge on any atom is 0.340 e. The SMILES string of the molecule is CCOC(=O)c1ccc(OS(=O)(=O)c2cc(S(C)(=O)=O)ccc2Br)cc1. The molecule has 0 aliphatic carbocycles. The van der Waals surface area contributed by atoms with Crippen molar-refractivity contribution in [2.75, 3.05) is 12.9 Å². The third kappa shape index (κ3) is 4.83. The molecule has 0 radical (unpaired) electrons. The molecule has 0 spiro atoms. The van der Waals surface area contributed by atoms with Gasteiger partial charge in [0.1, 0.15) is 10.6 Å². The van der Waals surface area contributed by atoms with Crippen LogP contribution in [0.2, 0.25) is 0 Å². The van der Waals surface area contributed by atoms with Gasteiger partial charge in [0.2, 0.25) is 0 Å². The molecule has 0 aliphatic rings. The fraction of sp³-hybridized carbons (Fsp3) is 0.188. The summed E-state index contributed by atoms with van der Waals surface area (Å²) in [4.78, 5) is 11.1. The van der Waals surface area contributed by atoms with Crippen molar-refractivity contribution in [3.05, 3.63) is 52.5 Å². The number of esters is 1. The first-order chi connectivity index (χ1) is 12.0. The van der Waals surface area contributed by atoms with Gasteiger partial charge in [-0.3, -0.25) is 0 Å². The monoisotopic (exact) mass is 462 g/mol. The Kier molecular flexibility index (Phi) is 6.09. The van der Waals surface area contributed by atoms with E-state index in [0.29, 0.717) is 0 Å². The summed E-state index contributed by atoms with van der Waals surface area (Å²) in [6.45, 7) is 1.89. The Labute approximate surface area is 160 Å². The zero-order valence-corrected chi connectivity index (χ0v) is 17.0. The van der Waals surface area contributed by atoms with Crippen LogP contribution in [0.5, 0.6) is 5.75 Å². The van der Waals surface area contributed by atoms with Gasteiger partial charge in [0, 0.05) is 10.7 Å². The highest BCUT2D eigenvalue weighted by molar-refractivity contribution is 9.10. The Balaban J connectivity index is 2.33. The number of carbonyl (C=O) groups excluding carboxylic acids is 1. The minimum Gasteiger partial charge on any atom is -0.462 e. The molecule has 0 saturated carbocycles. The minimum absolute atomic E-state index is 0.0327. The number of hydrogen-bond donors (Lipinski definition) is 0. The van der Waals surface area contributed by atoms with Crippen molar-refractivity contribution in [3.8, 4) is 5.75 Å². The van der Waals surface area contributed by atoms with E-state index in [1.54, 1.807) is 6.92 Å². The molecule has 0 amide bonds. The number of sulfone groups is 1. The molecule has 0 atom stereocenters. The average Bonchev–Trinajstić information content (AvgIpc) is 2.54. The summed E-state index contributed by atoms with van der Waals surface area (Å²) in [5.41, 5.74) is 0.247. The van der Waals surface area contributed by atoms with Crippen molar-refractivity contribution in [3.63, 3.8) is 0 Å². The largest absolute Gasteiger partial charge is 0.462 e. The molecule has 26 heavy (non-hydrogen) atoms. The van der Waals surface area contributed by atoms with Crippen molar-refractivity contribution < 1.29 is 30.6 Å². The molecule has 2 aromatic carbocycles. The molecular weight excluding hydrogens is 448 g/mol. The van der Waals surface area contributed by atoms with Crippen LogP contribution in [0.4, 0.5) is 0 Å². The van der Waals surface area contributed by atoms with Crippen LogP contribution in [0.25, 0.3) is 0 Å². The molecule has 2 aromatic rings. The molecule has 7 nitrogen and oxygen atoms in total. The molecule has 0 saturated heterocycles. The Morgan fingerprint density at radius 1 is 1.04 bits per heavy atom.